The van der Waals surface area contributed by atoms with Crippen LogP contribution in [0.2, 0.25) is 0 Å². The van der Waals surface area contributed by atoms with Crippen molar-refractivity contribution in [3.05, 3.63) is 66.2 Å². The first-order valence-corrected chi connectivity index (χ1v) is 8.97. The van der Waals surface area contributed by atoms with E-state index in [-0.39, 0.29) is 18.0 Å². The molecule has 1 aliphatic heterocycles. The summed E-state index contributed by atoms with van der Waals surface area (Å²) in [5, 5.41) is 6.48. The van der Waals surface area contributed by atoms with Crippen LogP contribution in [0.5, 0.6) is 0 Å². The zero-order chi connectivity index (χ0) is 17.5. The Labute approximate surface area is 149 Å². The molecule has 3 atom stereocenters. The third kappa shape index (κ3) is 5.15. The van der Waals surface area contributed by atoms with E-state index in [1.54, 1.807) is 0 Å². The van der Waals surface area contributed by atoms with Crippen molar-refractivity contribution in [2.24, 2.45) is 5.92 Å². The summed E-state index contributed by atoms with van der Waals surface area (Å²) >= 11 is 0. The largest absolute Gasteiger partial charge is 0.381 e. The minimum Gasteiger partial charge on any atom is -0.381 e. The van der Waals surface area contributed by atoms with Crippen molar-refractivity contribution >= 4 is 11.6 Å². The number of ether oxygens (including phenoxy) is 1. The topological polar surface area (TPSA) is 50.4 Å². The van der Waals surface area contributed by atoms with E-state index < -0.39 is 0 Å². The number of hydrogen-bond acceptors (Lipinski definition) is 3. The number of hydrogen-bond donors (Lipinski definition) is 2. The Morgan fingerprint density at radius 1 is 1.12 bits per heavy atom. The van der Waals surface area contributed by atoms with Gasteiger partial charge in [-0.1, -0.05) is 48.5 Å². The second-order valence-corrected chi connectivity index (χ2v) is 6.67. The summed E-state index contributed by atoms with van der Waals surface area (Å²) in [6.45, 7) is 3.57. The van der Waals surface area contributed by atoms with Crippen LogP contribution in [0.15, 0.2) is 60.7 Å². The van der Waals surface area contributed by atoms with Gasteiger partial charge in [-0.2, -0.15) is 0 Å². The molecule has 2 N–H and O–H groups in total. The first-order chi connectivity index (χ1) is 12.2. The van der Waals surface area contributed by atoms with Gasteiger partial charge in [-0.3, -0.25) is 10.1 Å². The lowest BCUT2D eigenvalue weighted by Crippen LogP contribution is -2.40. The van der Waals surface area contributed by atoms with E-state index in [0.717, 1.165) is 31.7 Å². The molecular formula is C21H26N2O2. The van der Waals surface area contributed by atoms with Gasteiger partial charge in [0.15, 0.2) is 0 Å². The molecule has 2 aromatic carbocycles. The maximum Gasteiger partial charge on any atom is 0.241 e. The fourth-order valence-corrected chi connectivity index (χ4v) is 3.24. The van der Waals surface area contributed by atoms with Crippen LogP contribution >= 0.6 is 0 Å². The van der Waals surface area contributed by atoms with E-state index in [0.29, 0.717) is 5.92 Å². The number of rotatable bonds is 7. The average molecular weight is 338 g/mol. The molecule has 25 heavy (non-hydrogen) atoms. The Morgan fingerprint density at radius 3 is 2.44 bits per heavy atom. The number of para-hydroxylation sites is 1. The average Bonchev–Trinajstić information content (AvgIpc) is 3.16. The molecule has 4 nitrogen and oxygen atoms in total. The highest BCUT2D eigenvalue weighted by atomic mass is 16.5. The molecule has 0 bridgehead atoms. The molecule has 0 unspecified atom stereocenters. The number of amides is 1. The van der Waals surface area contributed by atoms with Gasteiger partial charge in [0.25, 0.3) is 0 Å². The highest BCUT2D eigenvalue weighted by Gasteiger charge is 2.24. The Hall–Kier alpha value is -2.17. The molecule has 1 aliphatic rings. The van der Waals surface area contributed by atoms with Crippen LogP contribution in [0.25, 0.3) is 0 Å². The highest BCUT2D eigenvalue weighted by molar-refractivity contribution is 5.94. The molecule has 0 saturated carbocycles. The normalized spacial score (nSPS) is 19.3. The number of carbonyl (C=O) groups is 1. The van der Waals surface area contributed by atoms with Crippen molar-refractivity contribution in [2.75, 3.05) is 18.5 Å². The van der Waals surface area contributed by atoms with E-state index in [2.05, 4.69) is 22.8 Å². The Balaban J connectivity index is 1.65. The number of nitrogens with one attached hydrogen (secondary N) is 2. The maximum absolute atomic E-state index is 12.5. The summed E-state index contributed by atoms with van der Waals surface area (Å²) in [5.74, 6) is 0.525. The van der Waals surface area contributed by atoms with Crippen molar-refractivity contribution in [1.82, 2.24) is 5.32 Å². The van der Waals surface area contributed by atoms with Crippen molar-refractivity contribution < 1.29 is 9.53 Å². The molecule has 1 fully saturated rings. The quantitative estimate of drug-likeness (QED) is 0.808. The second-order valence-electron chi connectivity index (χ2n) is 6.67. The highest BCUT2D eigenvalue weighted by Crippen LogP contribution is 2.27. The zero-order valence-electron chi connectivity index (χ0n) is 14.7. The van der Waals surface area contributed by atoms with E-state index >= 15 is 0 Å². The molecule has 1 saturated heterocycles. The van der Waals surface area contributed by atoms with E-state index in [1.807, 2.05) is 55.5 Å². The SMILES string of the molecule is C[C@H](N[C@H](C[C@@H]1CCOC1)c1ccccc1)C(=O)Nc1ccccc1. The van der Waals surface area contributed by atoms with E-state index in [4.69, 9.17) is 4.74 Å². The van der Waals surface area contributed by atoms with E-state index in [9.17, 15) is 4.79 Å². The van der Waals surface area contributed by atoms with Gasteiger partial charge in [-0.15, -0.1) is 0 Å². The van der Waals surface area contributed by atoms with E-state index in [1.165, 1.54) is 5.56 Å². The smallest absolute Gasteiger partial charge is 0.241 e. The van der Waals surface area contributed by atoms with Gasteiger partial charge in [0, 0.05) is 24.9 Å². The third-order valence-electron chi connectivity index (χ3n) is 4.68. The molecule has 4 heteroatoms. The minimum absolute atomic E-state index is 0.0187. The van der Waals surface area contributed by atoms with Gasteiger partial charge < -0.3 is 10.1 Å². The molecule has 3 rings (SSSR count). The van der Waals surface area contributed by atoms with Crippen LogP contribution in [0.4, 0.5) is 5.69 Å². The molecule has 0 aromatic heterocycles. The van der Waals surface area contributed by atoms with Gasteiger partial charge >= 0.3 is 0 Å². The van der Waals surface area contributed by atoms with Gasteiger partial charge in [-0.05, 0) is 43.4 Å². The molecule has 1 heterocycles. The molecule has 0 spiro atoms. The number of anilines is 1. The summed E-state index contributed by atoms with van der Waals surface area (Å²) in [5.41, 5.74) is 2.04. The monoisotopic (exact) mass is 338 g/mol. The van der Waals surface area contributed by atoms with Gasteiger partial charge in [0.2, 0.25) is 5.91 Å². The minimum atomic E-state index is -0.285. The van der Waals surface area contributed by atoms with Crippen LogP contribution in [0.3, 0.4) is 0 Å². The molecule has 2 aromatic rings. The fraction of sp³-hybridized carbons (Fsp3) is 0.381. The summed E-state index contributed by atoms with van der Waals surface area (Å²) in [4.78, 5) is 12.5. The van der Waals surface area contributed by atoms with Gasteiger partial charge in [-0.25, -0.2) is 0 Å². The third-order valence-corrected chi connectivity index (χ3v) is 4.68. The first-order valence-electron chi connectivity index (χ1n) is 8.97. The molecule has 0 aliphatic carbocycles. The Kier molecular flexibility index (Phi) is 6.20. The number of benzene rings is 2. The molecule has 0 radical (unpaired) electrons. The molecule has 1 amide bonds. The van der Waals surface area contributed by atoms with Gasteiger partial charge in [0.1, 0.15) is 0 Å². The molecule has 132 valence electrons. The van der Waals surface area contributed by atoms with Crippen molar-refractivity contribution in [2.45, 2.75) is 31.8 Å². The lowest BCUT2D eigenvalue weighted by atomic mass is 9.93. The van der Waals surface area contributed by atoms with Gasteiger partial charge in [0.05, 0.1) is 6.04 Å². The predicted molar refractivity (Wildman–Crippen MR) is 100 cm³/mol. The van der Waals surface area contributed by atoms with Crippen molar-refractivity contribution in [1.29, 1.82) is 0 Å². The molecular weight excluding hydrogens is 312 g/mol. The lowest BCUT2D eigenvalue weighted by molar-refractivity contribution is -0.118. The Bertz CT molecular complexity index is 654. The van der Waals surface area contributed by atoms with Crippen LogP contribution in [0.1, 0.15) is 31.4 Å². The maximum atomic E-state index is 12.5. The number of carbonyl (C=O) groups excluding carboxylic acids is 1. The zero-order valence-corrected chi connectivity index (χ0v) is 14.7. The summed E-state index contributed by atoms with van der Waals surface area (Å²) < 4.78 is 5.52. The lowest BCUT2D eigenvalue weighted by Gasteiger charge is -2.25. The van der Waals surface area contributed by atoms with Crippen molar-refractivity contribution in [3.8, 4) is 0 Å². The van der Waals surface area contributed by atoms with Crippen LogP contribution in [0, 0.1) is 5.92 Å². The summed E-state index contributed by atoms with van der Waals surface area (Å²) in [6, 6.07) is 19.8. The van der Waals surface area contributed by atoms with Crippen molar-refractivity contribution in [3.63, 3.8) is 0 Å². The Morgan fingerprint density at radius 2 is 1.80 bits per heavy atom. The van der Waals surface area contributed by atoms with Crippen LogP contribution < -0.4 is 10.6 Å². The summed E-state index contributed by atoms with van der Waals surface area (Å²) in [6.07, 6.45) is 2.07. The predicted octanol–water partition coefficient (Wildman–Crippen LogP) is 3.77. The van der Waals surface area contributed by atoms with Crippen LogP contribution in [-0.2, 0) is 9.53 Å². The van der Waals surface area contributed by atoms with Crippen LogP contribution in [-0.4, -0.2) is 25.2 Å². The first kappa shape index (κ1) is 17.6. The fourth-order valence-electron chi connectivity index (χ4n) is 3.24. The standard InChI is InChI=1S/C21H26N2O2/c1-16(21(24)23-19-10-6-3-7-11-19)22-20(14-17-12-13-25-15-17)18-8-4-2-5-9-18/h2-11,16-17,20,22H,12-15H2,1H3,(H,23,24)/t16-,17-,20+/m0/s1. The second kappa shape index (κ2) is 8.79. The summed E-state index contributed by atoms with van der Waals surface area (Å²) in [7, 11) is 0.